The molecule has 47 heavy (non-hydrogen) atoms. The lowest BCUT2D eigenvalue weighted by molar-refractivity contribution is 0.656. The minimum Gasteiger partial charge on any atom is -0.455 e. The number of hydrogen-bond acceptors (Lipinski definition) is 1. The van der Waals surface area contributed by atoms with Gasteiger partial charge in [0.1, 0.15) is 11.2 Å². The van der Waals surface area contributed by atoms with E-state index in [1.807, 2.05) is 36.4 Å². The van der Waals surface area contributed by atoms with Crippen LogP contribution in [0.5, 0.6) is 0 Å². The zero-order valence-electron chi connectivity index (χ0n) is 42.1. The number of benzene rings is 8. The third-order valence-electron chi connectivity index (χ3n) is 9.40. The smallest absolute Gasteiger partial charge is 0.143 e. The summed E-state index contributed by atoms with van der Waals surface area (Å²) < 4.78 is 162. The molecular formula is C46H32O. The predicted octanol–water partition coefficient (Wildman–Crippen LogP) is 13.0. The lowest BCUT2D eigenvalue weighted by atomic mass is 9.79. The summed E-state index contributed by atoms with van der Waals surface area (Å²) in [5.41, 5.74) is -2.70. The van der Waals surface area contributed by atoms with Gasteiger partial charge in [0.25, 0.3) is 0 Å². The van der Waals surface area contributed by atoms with Crippen LogP contribution in [0.15, 0.2) is 144 Å². The summed E-state index contributed by atoms with van der Waals surface area (Å²) in [6, 6.07) is 7.38. The van der Waals surface area contributed by atoms with Crippen molar-refractivity contribution in [1.29, 1.82) is 0 Å². The van der Waals surface area contributed by atoms with Gasteiger partial charge in [-0.05, 0) is 108 Å². The zero-order chi connectivity index (χ0) is 46.1. The first-order chi connectivity index (χ1) is 30.1. The van der Waals surface area contributed by atoms with Crippen LogP contribution in [0.1, 0.15) is 53.8 Å². The molecule has 1 aliphatic rings. The molecule has 0 spiro atoms. The first-order valence-corrected chi connectivity index (χ1v) is 15.1. The number of hydrogen-bond donors (Lipinski definition) is 0. The summed E-state index contributed by atoms with van der Waals surface area (Å²) in [5, 5.41) is 1.97. The molecule has 1 aliphatic carbocycles. The Hall–Kier alpha value is -5.66. The van der Waals surface area contributed by atoms with Crippen LogP contribution in [-0.2, 0) is 5.41 Å². The molecule has 1 heteroatoms. The van der Waals surface area contributed by atoms with Gasteiger partial charge in [0, 0.05) is 25.7 Å². The molecule has 1 unspecified atom stereocenters. The molecule has 0 radical (unpaired) electrons. The number of rotatable bonds is 2. The maximum absolute atomic E-state index is 9.97. The molecule has 1 atom stereocenters. The molecule has 1 nitrogen and oxygen atoms in total. The second kappa shape index (κ2) is 9.44. The van der Waals surface area contributed by atoms with Gasteiger partial charge in [0.15, 0.2) is 0 Å². The highest BCUT2D eigenvalue weighted by Gasteiger charge is 2.36. The van der Waals surface area contributed by atoms with Crippen LogP contribution in [0.25, 0.3) is 87.6 Å². The van der Waals surface area contributed by atoms with E-state index in [9.17, 15) is 9.60 Å². The standard InChI is InChI=1S/C46H32O/c1-27-11-10-18-37-32-22-20-30(26-40(32)46(2,3)44(27)37)43-35-16-8-6-14-33(35)42(34-15-7-9-17-36(34)43)29-21-24-41-39(25-29)38-23-19-28-12-4-5-13-31(28)45(38)47-41/h4-26H,1-3H3/i2D3,6D,7D,8D,9D,10D,11D,14D,15D,16D,17D,18D,20D,22D,26D. The molecule has 0 saturated carbocycles. The Balaban J connectivity index is 1.44. The fourth-order valence-corrected chi connectivity index (χ4v) is 7.35. The van der Waals surface area contributed by atoms with E-state index in [0.29, 0.717) is 21.9 Å². The maximum atomic E-state index is 9.97. The number of fused-ring (bicyclic) bond motifs is 10. The topological polar surface area (TPSA) is 13.1 Å². The summed E-state index contributed by atoms with van der Waals surface area (Å²) in [5.74, 6) is 0. The summed E-state index contributed by atoms with van der Waals surface area (Å²) in [7, 11) is 0. The fraction of sp³-hybridized carbons (Fsp3) is 0.0870. The van der Waals surface area contributed by atoms with Crippen LogP contribution in [0.4, 0.5) is 0 Å². The summed E-state index contributed by atoms with van der Waals surface area (Å²) in [4.78, 5) is 0. The van der Waals surface area contributed by atoms with Gasteiger partial charge in [-0.3, -0.25) is 0 Å². The Morgan fingerprint density at radius 2 is 1.34 bits per heavy atom. The Morgan fingerprint density at radius 3 is 2.09 bits per heavy atom. The summed E-state index contributed by atoms with van der Waals surface area (Å²) in [6.07, 6.45) is 0. The lowest BCUT2D eigenvalue weighted by Crippen LogP contribution is -2.16. The van der Waals surface area contributed by atoms with Gasteiger partial charge < -0.3 is 4.42 Å². The zero-order valence-corrected chi connectivity index (χ0v) is 25.1. The molecule has 0 fully saturated rings. The van der Waals surface area contributed by atoms with Crippen molar-refractivity contribution in [3.8, 4) is 33.4 Å². The summed E-state index contributed by atoms with van der Waals surface area (Å²) in [6.45, 7) is -0.337. The van der Waals surface area contributed by atoms with Crippen molar-refractivity contribution in [2.24, 2.45) is 0 Å². The van der Waals surface area contributed by atoms with Gasteiger partial charge in [-0.2, -0.15) is 0 Å². The van der Waals surface area contributed by atoms with Crippen molar-refractivity contribution in [3.63, 3.8) is 0 Å². The fourth-order valence-electron chi connectivity index (χ4n) is 7.35. The van der Waals surface area contributed by atoms with Crippen molar-refractivity contribution in [2.45, 2.75) is 26.1 Å². The highest BCUT2D eigenvalue weighted by molar-refractivity contribution is 6.23. The third kappa shape index (κ3) is 3.60. The van der Waals surface area contributed by atoms with Crippen LogP contribution >= 0.6 is 0 Å². The molecule has 0 bridgehead atoms. The second-order valence-corrected chi connectivity index (χ2v) is 12.1. The normalized spacial score (nSPS) is 21.0. The molecule has 8 aromatic carbocycles. The Bertz CT molecular complexity index is 3600. The van der Waals surface area contributed by atoms with E-state index < -0.39 is 108 Å². The van der Waals surface area contributed by atoms with E-state index in [1.54, 1.807) is 18.2 Å². The first-order valence-electron chi connectivity index (χ1n) is 23.6. The van der Waals surface area contributed by atoms with E-state index in [1.165, 1.54) is 13.8 Å². The lowest BCUT2D eigenvalue weighted by Gasteiger charge is -2.24. The quantitative estimate of drug-likeness (QED) is 0.176. The number of furan rings is 1. The monoisotopic (exact) mass is 617 g/mol. The van der Waals surface area contributed by atoms with Crippen molar-refractivity contribution in [3.05, 3.63) is 156 Å². The second-order valence-electron chi connectivity index (χ2n) is 12.1. The van der Waals surface area contributed by atoms with Crippen molar-refractivity contribution >= 4 is 54.3 Å². The minimum absolute atomic E-state index is 0.00438. The van der Waals surface area contributed by atoms with E-state index in [0.717, 1.165) is 10.8 Å². The highest BCUT2D eigenvalue weighted by Crippen LogP contribution is 2.52. The van der Waals surface area contributed by atoms with Gasteiger partial charge in [-0.15, -0.1) is 0 Å². The third-order valence-corrected chi connectivity index (χ3v) is 9.40. The SMILES string of the molecule is [2H]c1c([2H])c(C)c2c(c1[2H])-c1c([2H])c([2H])c(-c3c4c([2H])c([2H])c([2H])c([2H])c4c(-c4ccc5oc6c7ccccc7ccc6c5c4)c4c([2H])c([2H])c([2H])c([2H])c34)c([2H])c1C2(C)C([2H])([2H])[2H]. The highest BCUT2D eigenvalue weighted by atomic mass is 16.3. The van der Waals surface area contributed by atoms with Gasteiger partial charge in [-0.25, -0.2) is 0 Å². The van der Waals surface area contributed by atoms with Crippen molar-refractivity contribution in [1.82, 2.24) is 0 Å². The van der Waals surface area contributed by atoms with Gasteiger partial charge in [-0.1, -0.05) is 129 Å². The van der Waals surface area contributed by atoms with E-state index in [2.05, 4.69) is 0 Å². The van der Waals surface area contributed by atoms with Crippen LogP contribution in [0.3, 0.4) is 0 Å². The first kappa shape index (κ1) is 14.8. The summed E-state index contributed by atoms with van der Waals surface area (Å²) >= 11 is 0. The Labute approximate surface area is 297 Å². The molecule has 0 aliphatic heterocycles. The van der Waals surface area contributed by atoms with Crippen LogP contribution < -0.4 is 0 Å². The molecule has 10 rings (SSSR count). The predicted molar refractivity (Wildman–Crippen MR) is 199 cm³/mol. The molecular weight excluding hydrogens is 569 g/mol. The van der Waals surface area contributed by atoms with Crippen molar-refractivity contribution in [2.75, 3.05) is 0 Å². The largest absolute Gasteiger partial charge is 0.455 e. The van der Waals surface area contributed by atoms with Gasteiger partial charge in [0.05, 0.1) is 19.2 Å². The van der Waals surface area contributed by atoms with Gasteiger partial charge >= 0.3 is 0 Å². The van der Waals surface area contributed by atoms with E-state index in [-0.39, 0.29) is 60.5 Å². The average molecular weight is 618 g/mol. The van der Waals surface area contributed by atoms with Gasteiger partial charge in [0.2, 0.25) is 0 Å². The molecule has 222 valence electrons. The minimum atomic E-state index is -3.04. The molecule has 0 N–H and O–H groups in total. The molecule has 0 amide bonds. The maximum Gasteiger partial charge on any atom is 0.143 e. The molecule has 1 aromatic heterocycles. The molecule has 9 aromatic rings. The van der Waals surface area contributed by atoms with Crippen LogP contribution in [0.2, 0.25) is 0 Å². The van der Waals surface area contributed by atoms with E-state index >= 15 is 0 Å². The Morgan fingerprint density at radius 1 is 0.617 bits per heavy atom. The molecule has 0 saturated heterocycles. The van der Waals surface area contributed by atoms with Crippen LogP contribution in [0, 0.1) is 6.92 Å². The Kier molecular flexibility index (Phi) is 2.98. The molecule has 1 heterocycles. The van der Waals surface area contributed by atoms with E-state index in [4.69, 9.17) is 18.1 Å². The van der Waals surface area contributed by atoms with Crippen molar-refractivity contribution < 1.29 is 27.7 Å². The van der Waals surface area contributed by atoms with Crippen LogP contribution in [-0.4, -0.2) is 0 Å². The average Bonchev–Trinajstić information content (AvgIpc) is 3.79.